The monoisotopic (exact) mass is 257 g/mol. The molecule has 98 valence electrons. The highest BCUT2D eigenvalue weighted by molar-refractivity contribution is 5.71. The molecule has 0 aliphatic rings. The van der Waals surface area contributed by atoms with Crippen LogP contribution in [-0.2, 0) is 11.2 Å². The SMILES string of the molecule is COc1ccc2[nH]c(CCOCC(F)F)nc2n1. The van der Waals surface area contributed by atoms with E-state index >= 15 is 0 Å². The van der Waals surface area contributed by atoms with Gasteiger partial charge in [-0.25, -0.2) is 13.8 Å². The molecule has 0 unspecified atom stereocenters. The quantitative estimate of drug-likeness (QED) is 0.801. The molecular weight excluding hydrogens is 244 g/mol. The first-order chi connectivity index (χ1) is 8.69. The van der Waals surface area contributed by atoms with Crippen molar-refractivity contribution in [3.05, 3.63) is 18.0 Å². The predicted molar refractivity (Wildman–Crippen MR) is 61.0 cm³/mol. The average Bonchev–Trinajstić information content (AvgIpc) is 2.75. The molecule has 0 aliphatic carbocycles. The minimum absolute atomic E-state index is 0.196. The maximum absolute atomic E-state index is 11.8. The number of nitrogens with zero attached hydrogens (tertiary/aromatic N) is 2. The van der Waals surface area contributed by atoms with Gasteiger partial charge >= 0.3 is 0 Å². The van der Waals surface area contributed by atoms with E-state index in [4.69, 9.17) is 9.47 Å². The number of ether oxygens (including phenoxy) is 2. The van der Waals surface area contributed by atoms with Crippen LogP contribution >= 0.6 is 0 Å². The number of alkyl halides is 2. The second-order valence-corrected chi connectivity index (χ2v) is 3.62. The number of halogens is 2. The van der Waals surface area contributed by atoms with Crippen molar-refractivity contribution in [1.82, 2.24) is 15.0 Å². The highest BCUT2D eigenvalue weighted by atomic mass is 19.3. The third-order valence-corrected chi connectivity index (χ3v) is 2.31. The first kappa shape index (κ1) is 12.7. The van der Waals surface area contributed by atoms with E-state index in [9.17, 15) is 8.78 Å². The number of aromatic amines is 1. The second-order valence-electron chi connectivity index (χ2n) is 3.62. The summed E-state index contributed by atoms with van der Waals surface area (Å²) in [6, 6.07) is 3.52. The summed E-state index contributed by atoms with van der Waals surface area (Å²) in [5.41, 5.74) is 1.32. The van der Waals surface area contributed by atoms with Crippen LogP contribution in [0.4, 0.5) is 8.78 Å². The Morgan fingerprint density at radius 1 is 1.33 bits per heavy atom. The van der Waals surface area contributed by atoms with E-state index in [-0.39, 0.29) is 6.61 Å². The summed E-state index contributed by atoms with van der Waals surface area (Å²) in [4.78, 5) is 11.4. The fraction of sp³-hybridized carbons (Fsp3) is 0.455. The van der Waals surface area contributed by atoms with Gasteiger partial charge in [0.25, 0.3) is 6.43 Å². The van der Waals surface area contributed by atoms with Crippen LogP contribution in [0.25, 0.3) is 11.2 Å². The number of pyridine rings is 1. The zero-order valence-corrected chi connectivity index (χ0v) is 9.82. The van der Waals surface area contributed by atoms with Crippen molar-refractivity contribution in [2.45, 2.75) is 12.8 Å². The van der Waals surface area contributed by atoms with Crippen molar-refractivity contribution in [1.29, 1.82) is 0 Å². The Kier molecular flexibility index (Phi) is 4.03. The Bertz CT molecular complexity index is 516. The third-order valence-electron chi connectivity index (χ3n) is 2.31. The molecule has 18 heavy (non-hydrogen) atoms. The molecular formula is C11H13F2N3O2. The van der Waals surface area contributed by atoms with E-state index in [2.05, 4.69) is 15.0 Å². The number of rotatable bonds is 6. The lowest BCUT2D eigenvalue weighted by atomic mass is 10.4. The maximum Gasteiger partial charge on any atom is 0.261 e. The molecule has 0 amide bonds. The van der Waals surface area contributed by atoms with Gasteiger partial charge in [-0.15, -0.1) is 0 Å². The molecule has 7 heteroatoms. The van der Waals surface area contributed by atoms with Crippen LogP contribution in [0.1, 0.15) is 5.82 Å². The third kappa shape index (κ3) is 3.13. The van der Waals surface area contributed by atoms with Gasteiger partial charge in [-0.3, -0.25) is 0 Å². The van der Waals surface area contributed by atoms with Crippen molar-refractivity contribution in [3.63, 3.8) is 0 Å². The lowest BCUT2D eigenvalue weighted by molar-refractivity contribution is 0.0183. The standard InChI is InChI=1S/C11H13F2N3O2/c1-17-10-3-2-7-11(16-10)15-9(14-7)4-5-18-6-8(12)13/h2-3,8H,4-6H2,1H3,(H,14,15,16). The fourth-order valence-electron chi connectivity index (χ4n) is 1.50. The molecule has 0 aromatic carbocycles. The van der Waals surface area contributed by atoms with Gasteiger partial charge in [0.1, 0.15) is 12.4 Å². The number of aromatic nitrogens is 3. The van der Waals surface area contributed by atoms with Crippen LogP contribution in [0.5, 0.6) is 5.88 Å². The molecule has 2 aromatic heterocycles. The molecule has 0 spiro atoms. The highest BCUT2D eigenvalue weighted by Crippen LogP contribution is 2.14. The Labute approximate surface area is 102 Å². The fourth-order valence-corrected chi connectivity index (χ4v) is 1.50. The van der Waals surface area contributed by atoms with Gasteiger partial charge in [0, 0.05) is 12.5 Å². The minimum atomic E-state index is -2.44. The van der Waals surface area contributed by atoms with Gasteiger partial charge in [-0.2, -0.15) is 4.98 Å². The smallest absolute Gasteiger partial charge is 0.261 e. The number of fused-ring (bicyclic) bond motifs is 1. The van der Waals surface area contributed by atoms with Crippen LogP contribution in [0.15, 0.2) is 12.1 Å². The highest BCUT2D eigenvalue weighted by Gasteiger charge is 2.06. The zero-order chi connectivity index (χ0) is 13.0. The van der Waals surface area contributed by atoms with E-state index in [1.807, 2.05) is 0 Å². The van der Waals surface area contributed by atoms with Gasteiger partial charge in [-0.05, 0) is 6.07 Å². The first-order valence-corrected chi connectivity index (χ1v) is 5.44. The second kappa shape index (κ2) is 5.72. The van der Waals surface area contributed by atoms with Crippen molar-refractivity contribution >= 4 is 11.2 Å². The summed E-state index contributed by atoms with van der Waals surface area (Å²) in [6.07, 6.45) is -2.00. The van der Waals surface area contributed by atoms with Crippen molar-refractivity contribution in [2.24, 2.45) is 0 Å². The topological polar surface area (TPSA) is 60.0 Å². The van der Waals surface area contributed by atoms with E-state index in [0.29, 0.717) is 23.8 Å². The van der Waals surface area contributed by atoms with Crippen LogP contribution in [0.2, 0.25) is 0 Å². The Morgan fingerprint density at radius 2 is 2.17 bits per heavy atom. The van der Waals surface area contributed by atoms with Gasteiger partial charge in [-0.1, -0.05) is 0 Å². The van der Waals surface area contributed by atoms with Crippen LogP contribution in [0, 0.1) is 0 Å². The van der Waals surface area contributed by atoms with Gasteiger partial charge < -0.3 is 14.5 Å². The van der Waals surface area contributed by atoms with E-state index in [1.165, 1.54) is 7.11 Å². The Morgan fingerprint density at radius 3 is 2.89 bits per heavy atom. The lowest BCUT2D eigenvalue weighted by Gasteiger charge is -2.00. The van der Waals surface area contributed by atoms with Crippen molar-refractivity contribution in [3.8, 4) is 5.88 Å². The van der Waals surface area contributed by atoms with Gasteiger partial charge in [0.05, 0.1) is 19.2 Å². The predicted octanol–water partition coefficient (Wildman–Crippen LogP) is 1.79. The summed E-state index contributed by atoms with van der Waals surface area (Å²) < 4.78 is 33.4. The number of nitrogens with one attached hydrogen (secondary N) is 1. The van der Waals surface area contributed by atoms with Crippen LogP contribution < -0.4 is 4.74 Å². The normalized spacial score (nSPS) is 11.3. The molecule has 1 N–H and O–H groups in total. The van der Waals surface area contributed by atoms with E-state index < -0.39 is 13.0 Å². The maximum atomic E-state index is 11.8. The molecule has 2 rings (SSSR count). The summed E-state index contributed by atoms with van der Waals surface area (Å²) in [7, 11) is 1.53. The number of hydrogen-bond acceptors (Lipinski definition) is 4. The molecule has 0 radical (unpaired) electrons. The Balaban J connectivity index is 1.97. The average molecular weight is 257 g/mol. The molecule has 2 aromatic rings. The van der Waals surface area contributed by atoms with Gasteiger partial charge in [0.15, 0.2) is 5.65 Å². The molecule has 0 saturated carbocycles. The van der Waals surface area contributed by atoms with Gasteiger partial charge in [0.2, 0.25) is 5.88 Å². The summed E-state index contributed by atoms with van der Waals surface area (Å²) in [5, 5.41) is 0. The summed E-state index contributed by atoms with van der Waals surface area (Å²) in [6.45, 7) is -0.354. The molecule has 0 atom stereocenters. The largest absolute Gasteiger partial charge is 0.481 e. The van der Waals surface area contributed by atoms with E-state index in [0.717, 1.165) is 5.52 Å². The zero-order valence-electron chi connectivity index (χ0n) is 9.82. The number of methoxy groups -OCH3 is 1. The molecule has 0 saturated heterocycles. The number of imidazole rings is 1. The van der Waals surface area contributed by atoms with Crippen molar-refractivity contribution < 1.29 is 18.3 Å². The molecule has 2 heterocycles. The minimum Gasteiger partial charge on any atom is -0.481 e. The van der Waals surface area contributed by atoms with Crippen LogP contribution in [0.3, 0.4) is 0 Å². The molecule has 0 bridgehead atoms. The first-order valence-electron chi connectivity index (χ1n) is 5.44. The van der Waals surface area contributed by atoms with E-state index in [1.54, 1.807) is 12.1 Å². The summed E-state index contributed by atoms with van der Waals surface area (Å²) >= 11 is 0. The number of H-pyrrole nitrogens is 1. The molecule has 5 nitrogen and oxygen atoms in total. The summed E-state index contributed by atoms with van der Waals surface area (Å²) in [5.74, 6) is 1.13. The molecule has 0 aliphatic heterocycles. The molecule has 0 fully saturated rings. The lowest BCUT2D eigenvalue weighted by Crippen LogP contribution is -2.07. The van der Waals surface area contributed by atoms with Crippen LogP contribution in [-0.4, -0.2) is 41.7 Å². The van der Waals surface area contributed by atoms with Crippen molar-refractivity contribution in [2.75, 3.05) is 20.3 Å². The Hall–Kier alpha value is -1.76. The number of hydrogen-bond donors (Lipinski definition) is 1.